The second-order valence-electron chi connectivity index (χ2n) is 7.33. The number of alkyl halides is 2. The van der Waals surface area contributed by atoms with Crippen LogP contribution in [0.1, 0.15) is 17.8 Å². The van der Waals surface area contributed by atoms with Crippen LogP contribution >= 0.6 is 0 Å². The van der Waals surface area contributed by atoms with Gasteiger partial charge in [0.05, 0.1) is 5.69 Å². The summed E-state index contributed by atoms with van der Waals surface area (Å²) < 4.78 is 37.2. The minimum Gasteiger partial charge on any atom is -0.395 e. The predicted octanol–water partition coefficient (Wildman–Crippen LogP) is 3.66. The second kappa shape index (κ2) is 7.86. The van der Waals surface area contributed by atoms with Gasteiger partial charge in [-0.15, -0.1) is 13.9 Å². The number of fused-ring (bicyclic) bond motifs is 1. The van der Waals surface area contributed by atoms with Gasteiger partial charge in [0.15, 0.2) is 17.3 Å². The number of amides is 1. The number of rotatable bonds is 6. The predicted molar refractivity (Wildman–Crippen MR) is 109 cm³/mol. The first kappa shape index (κ1) is 20.6. The summed E-state index contributed by atoms with van der Waals surface area (Å²) in [7, 11) is 3.42. The first-order chi connectivity index (χ1) is 14.7. The highest BCUT2D eigenvalue weighted by Crippen LogP contribution is 2.42. The minimum absolute atomic E-state index is 0.00451. The quantitative estimate of drug-likeness (QED) is 0.644. The lowest BCUT2D eigenvalue weighted by Gasteiger charge is -2.11. The summed E-state index contributed by atoms with van der Waals surface area (Å²) in [5, 5.41) is 7.69. The van der Waals surface area contributed by atoms with Crippen molar-refractivity contribution in [2.75, 3.05) is 19.4 Å². The van der Waals surface area contributed by atoms with Crippen LogP contribution in [0.2, 0.25) is 0 Å². The normalized spacial score (nSPS) is 13.8. The first-order valence-corrected chi connectivity index (χ1v) is 9.59. The van der Waals surface area contributed by atoms with Gasteiger partial charge in [-0.1, -0.05) is 0 Å². The van der Waals surface area contributed by atoms with Crippen molar-refractivity contribution >= 4 is 17.4 Å². The molecule has 0 saturated heterocycles. The summed E-state index contributed by atoms with van der Waals surface area (Å²) in [5.74, 6) is 0.407. The molecule has 0 unspecified atom stereocenters. The van der Waals surface area contributed by atoms with E-state index in [-0.39, 0.29) is 17.4 Å². The van der Waals surface area contributed by atoms with Gasteiger partial charge < -0.3 is 19.7 Å². The number of pyridine rings is 1. The number of carbonyl (C=O) groups excluding carboxylic acids is 1. The highest BCUT2D eigenvalue weighted by atomic mass is 19.3. The molecule has 0 atom stereocenters. The lowest BCUT2D eigenvalue weighted by molar-refractivity contribution is -0.286. The molecule has 4 rings (SSSR count). The molecule has 3 aromatic rings. The van der Waals surface area contributed by atoms with E-state index >= 15 is 0 Å². The van der Waals surface area contributed by atoms with Gasteiger partial charge in [-0.25, -0.2) is 4.68 Å². The van der Waals surface area contributed by atoms with Crippen LogP contribution in [-0.4, -0.2) is 46.0 Å². The number of aryl methyl sites for hydroxylation is 2. The van der Waals surface area contributed by atoms with Gasteiger partial charge in [0.25, 0.3) is 0 Å². The molecule has 0 bridgehead atoms. The van der Waals surface area contributed by atoms with E-state index in [1.54, 1.807) is 35.9 Å². The smallest absolute Gasteiger partial charge is 0.395 e. The van der Waals surface area contributed by atoms with Crippen LogP contribution in [0, 0.1) is 6.92 Å². The van der Waals surface area contributed by atoms with Crippen LogP contribution < -0.4 is 14.8 Å². The third-order valence-corrected chi connectivity index (χ3v) is 4.68. The standard InChI is InChI=1S/C21H21F2N5O3/c1-13-10-16(8-9-24-13)28-15(5-7-20(29)27(2)3)12-19(26-28)25-14-4-6-17-18(11-14)31-21(22,23)30-17/h4,6,8-12H,5,7H2,1-3H3,(H,25,26). The van der Waals surface area contributed by atoms with Gasteiger partial charge in [-0.2, -0.15) is 0 Å². The van der Waals surface area contributed by atoms with Crippen LogP contribution in [0.15, 0.2) is 42.6 Å². The highest BCUT2D eigenvalue weighted by molar-refractivity contribution is 5.75. The number of halogens is 2. The van der Waals surface area contributed by atoms with Crippen molar-refractivity contribution < 1.29 is 23.0 Å². The van der Waals surface area contributed by atoms with Crippen molar-refractivity contribution in [3.8, 4) is 17.2 Å². The Morgan fingerprint density at radius 1 is 1.16 bits per heavy atom. The summed E-state index contributed by atoms with van der Waals surface area (Å²) in [6.45, 7) is 1.88. The Bertz CT molecular complexity index is 1130. The number of nitrogens with zero attached hydrogens (tertiary/aromatic N) is 4. The molecule has 1 aromatic carbocycles. The third-order valence-electron chi connectivity index (χ3n) is 4.68. The zero-order valence-corrected chi connectivity index (χ0v) is 17.2. The monoisotopic (exact) mass is 429 g/mol. The number of hydrogen-bond acceptors (Lipinski definition) is 6. The summed E-state index contributed by atoms with van der Waals surface area (Å²) in [6.07, 6.45) is -1.19. The molecule has 3 heterocycles. The number of nitrogens with one attached hydrogen (secondary N) is 1. The Morgan fingerprint density at radius 3 is 2.68 bits per heavy atom. The van der Waals surface area contributed by atoms with Crippen molar-refractivity contribution in [3.05, 3.63) is 54.0 Å². The van der Waals surface area contributed by atoms with Crippen molar-refractivity contribution in [1.29, 1.82) is 0 Å². The Labute approximate surface area is 177 Å². The lowest BCUT2D eigenvalue weighted by atomic mass is 10.2. The molecule has 31 heavy (non-hydrogen) atoms. The SMILES string of the molecule is Cc1cc(-n2nc(Nc3ccc4c(c3)OC(F)(F)O4)cc2CCC(=O)N(C)C)ccn1. The van der Waals surface area contributed by atoms with Gasteiger partial charge in [0.2, 0.25) is 5.91 Å². The van der Waals surface area contributed by atoms with Gasteiger partial charge in [-0.3, -0.25) is 9.78 Å². The fraction of sp³-hybridized carbons (Fsp3) is 0.286. The van der Waals surface area contributed by atoms with Crippen molar-refractivity contribution in [2.24, 2.45) is 0 Å². The summed E-state index contributed by atoms with van der Waals surface area (Å²) in [6, 6.07) is 9.94. The van der Waals surface area contributed by atoms with Crippen molar-refractivity contribution in [1.82, 2.24) is 19.7 Å². The van der Waals surface area contributed by atoms with Gasteiger partial charge in [0.1, 0.15) is 0 Å². The Kier molecular flexibility index (Phi) is 5.22. The molecule has 0 saturated carbocycles. The van der Waals surface area contributed by atoms with Gasteiger partial charge in [0, 0.05) is 55.9 Å². The average molecular weight is 429 g/mol. The number of benzene rings is 1. The molecule has 2 aromatic heterocycles. The topological polar surface area (TPSA) is 81.5 Å². The number of ether oxygens (including phenoxy) is 2. The molecule has 1 aliphatic rings. The molecule has 1 aliphatic heterocycles. The van der Waals surface area contributed by atoms with E-state index < -0.39 is 6.29 Å². The molecule has 10 heteroatoms. The minimum atomic E-state index is -3.67. The van der Waals surface area contributed by atoms with E-state index in [2.05, 4.69) is 24.9 Å². The maximum atomic E-state index is 13.3. The maximum absolute atomic E-state index is 13.3. The number of hydrogen-bond donors (Lipinski definition) is 1. The zero-order valence-electron chi connectivity index (χ0n) is 17.2. The molecule has 1 amide bonds. The summed E-state index contributed by atoms with van der Waals surface area (Å²) in [5.41, 5.74) is 2.95. The molecule has 0 fully saturated rings. The van der Waals surface area contributed by atoms with Crippen molar-refractivity contribution in [3.63, 3.8) is 0 Å². The number of carbonyl (C=O) groups is 1. The largest absolute Gasteiger partial charge is 0.586 e. The van der Waals surface area contributed by atoms with Crippen molar-refractivity contribution in [2.45, 2.75) is 26.1 Å². The van der Waals surface area contributed by atoms with Crippen LogP contribution in [0.5, 0.6) is 11.5 Å². The fourth-order valence-electron chi connectivity index (χ4n) is 3.18. The van der Waals surface area contributed by atoms with E-state index in [1.807, 2.05) is 25.1 Å². The number of aromatic nitrogens is 3. The second-order valence-corrected chi connectivity index (χ2v) is 7.33. The first-order valence-electron chi connectivity index (χ1n) is 9.59. The third kappa shape index (κ3) is 4.57. The van der Waals surface area contributed by atoms with E-state index in [9.17, 15) is 13.6 Å². The zero-order chi connectivity index (χ0) is 22.2. The Balaban J connectivity index is 1.61. The molecular formula is C21H21F2N5O3. The van der Waals surface area contributed by atoms with Crippen LogP contribution in [0.3, 0.4) is 0 Å². The van der Waals surface area contributed by atoms with E-state index in [0.29, 0.717) is 24.3 Å². The molecule has 162 valence electrons. The Morgan fingerprint density at radius 2 is 1.94 bits per heavy atom. The summed E-state index contributed by atoms with van der Waals surface area (Å²) in [4.78, 5) is 17.8. The summed E-state index contributed by atoms with van der Waals surface area (Å²) >= 11 is 0. The van der Waals surface area contributed by atoms with E-state index in [0.717, 1.165) is 17.1 Å². The molecule has 8 nitrogen and oxygen atoms in total. The Hall–Kier alpha value is -3.69. The molecule has 0 aliphatic carbocycles. The van der Waals surface area contributed by atoms with E-state index in [1.165, 1.54) is 12.1 Å². The highest BCUT2D eigenvalue weighted by Gasteiger charge is 2.43. The van der Waals surface area contributed by atoms with Crippen LogP contribution in [0.25, 0.3) is 5.69 Å². The van der Waals surface area contributed by atoms with Gasteiger partial charge >= 0.3 is 6.29 Å². The average Bonchev–Trinajstić information content (AvgIpc) is 3.24. The maximum Gasteiger partial charge on any atom is 0.586 e. The lowest BCUT2D eigenvalue weighted by Crippen LogP contribution is -2.25. The van der Waals surface area contributed by atoms with Crippen LogP contribution in [-0.2, 0) is 11.2 Å². The number of anilines is 2. The molecule has 1 N–H and O–H groups in total. The molecule has 0 radical (unpaired) electrons. The molecule has 0 spiro atoms. The fourth-order valence-corrected chi connectivity index (χ4v) is 3.18. The van der Waals surface area contributed by atoms with Crippen LogP contribution in [0.4, 0.5) is 20.3 Å². The van der Waals surface area contributed by atoms with Gasteiger partial charge in [-0.05, 0) is 37.6 Å². The van der Waals surface area contributed by atoms with E-state index in [4.69, 9.17) is 0 Å². The molecular weight excluding hydrogens is 408 g/mol.